The molecule has 0 saturated carbocycles. The zero-order chi connectivity index (χ0) is 10.7. The summed E-state index contributed by atoms with van der Waals surface area (Å²) in [5.74, 6) is 1.54. The molecule has 4 heteroatoms. The van der Waals surface area contributed by atoms with Crippen LogP contribution in [0.3, 0.4) is 0 Å². The number of para-hydroxylation sites is 2. The van der Waals surface area contributed by atoms with E-state index in [4.69, 9.17) is 4.74 Å². The Morgan fingerprint density at radius 1 is 1.40 bits per heavy atom. The zero-order valence-corrected chi connectivity index (χ0v) is 9.24. The fourth-order valence-corrected chi connectivity index (χ4v) is 1.86. The monoisotopic (exact) mass is 223 g/mol. The summed E-state index contributed by atoms with van der Waals surface area (Å²) in [5, 5.41) is 0. The highest BCUT2D eigenvalue weighted by molar-refractivity contribution is 7.80. The molecule has 1 aliphatic heterocycles. The fraction of sp³-hybridized carbons (Fsp3) is 0.364. The topological polar surface area (TPSA) is 29.5 Å². The quantitative estimate of drug-likeness (QED) is 0.774. The summed E-state index contributed by atoms with van der Waals surface area (Å²) in [4.78, 5) is 13.5. The predicted octanol–water partition coefficient (Wildman–Crippen LogP) is 1.73. The van der Waals surface area contributed by atoms with E-state index in [0.29, 0.717) is 25.3 Å². The van der Waals surface area contributed by atoms with Gasteiger partial charge in [0.15, 0.2) is 0 Å². The largest absolute Gasteiger partial charge is 0.491 e. The van der Waals surface area contributed by atoms with E-state index in [1.165, 1.54) is 0 Å². The van der Waals surface area contributed by atoms with E-state index >= 15 is 0 Å². The van der Waals surface area contributed by atoms with Crippen molar-refractivity contribution < 1.29 is 9.53 Å². The van der Waals surface area contributed by atoms with Crippen LogP contribution in [0, 0.1) is 0 Å². The van der Waals surface area contributed by atoms with Crippen molar-refractivity contribution in [3.63, 3.8) is 0 Å². The minimum absolute atomic E-state index is 0.106. The number of carbonyl (C=O) groups is 1. The van der Waals surface area contributed by atoms with E-state index < -0.39 is 0 Å². The first-order valence-corrected chi connectivity index (χ1v) is 5.59. The van der Waals surface area contributed by atoms with Gasteiger partial charge in [0.25, 0.3) is 0 Å². The van der Waals surface area contributed by atoms with E-state index in [1.54, 1.807) is 4.90 Å². The van der Waals surface area contributed by atoms with Crippen molar-refractivity contribution in [2.24, 2.45) is 0 Å². The lowest BCUT2D eigenvalue weighted by Crippen LogP contribution is -2.31. The average Bonchev–Trinajstić information content (AvgIpc) is 2.40. The molecule has 0 aliphatic carbocycles. The Kier molecular flexibility index (Phi) is 3.16. The van der Waals surface area contributed by atoms with Gasteiger partial charge in [0.05, 0.1) is 18.7 Å². The van der Waals surface area contributed by atoms with Gasteiger partial charge in [-0.2, -0.15) is 12.6 Å². The number of thiol groups is 1. The van der Waals surface area contributed by atoms with Gasteiger partial charge in [-0.15, -0.1) is 0 Å². The van der Waals surface area contributed by atoms with E-state index in [1.807, 2.05) is 24.3 Å². The number of hydrogen-bond donors (Lipinski definition) is 1. The van der Waals surface area contributed by atoms with Crippen molar-refractivity contribution in [1.82, 2.24) is 0 Å². The van der Waals surface area contributed by atoms with Gasteiger partial charge in [0.1, 0.15) is 5.75 Å². The lowest BCUT2D eigenvalue weighted by atomic mass is 10.2. The molecule has 15 heavy (non-hydrogen) atoms. The SMILES string of the molecule is O=C1CCOc2ccccc2N1CCS. The molecule has 0 saturated heterocycles. The van der Waals surface area contributed by atoms with Gasteiger partial charge < -0.3 is 9.64 Å². The molecule has 0 unspecified atom stereocenters. The third-order valence-electron chi connectivity index (χ3n) is 2.35. The van der Waals surface area contributed by atoms with Crippen LogP contribution in [-0.2, 0) is 4.79 Å². The average molecular weight is 223 g/mol. The van der Waals surface area contributed by atoms with Crippen LogP contribution in [0.25, 0.3) is 0 Å². The van der Waals surface area contributed by atoms with Crippen molar-refractivity contribution in [2.75, 3.05) is 23.8 Å². The number of fused-ring (bicyclic) bond motifs is 1. The van der Waals surface area contributed by atoms with Crippen molar-refractivity contribution in [2.45, 2.75) is 6.42 Å². The lowest BCUT2D eigenvalue weighted by Gasteiger charge is -2.20. The number of nitrogens with zero attached hydrogens (tertiary/aromatic N) is 1. The molecular formula is C11H13NO2S. The van der Waals surface area contributed by atoms with Gasteiger partial charge >= 0.3 is 0 Å². The molecule has 1 heterocycles. The van der Waals surface area contributed by atoms with Gasteiger partial charge in [-0.05, 0) is 12.1 Å². The molecule has 1 aliphatic rings. The maximum absolute atomic E-state index is 11.8. The maximum Gasteiger partial charge on any atom is 0.230 e. The van der Waals surface area contributed by atoms with Crippen LogP contribution in [0.5, 0.6) is 5.75 Å². The van der Waals surface area contributed by atoms with Crippen molar-refractivity contribution in [3.05, 3.63) is 24.3 Å². The van der Waals surface area contributed by atoms with Gasteiger partial charge in [0.2, 0.25) is 5.91 Å². The Balaban J connectivity index is 2.38. The Bertz CT molecular complexity index is 367. The molecule has 0 atom stereocenters. The Morgan fingerprint density at radius 3 is 3.00 bits per heavy atom. The first-order valence-electron chi connectivity index (χ1n) is 4.96. The summed E-state index contributed by atoms with van der Waals surface area (Å²) in [6.07, 6.45) is 0.433. The van der Waals surface area contributed by atoms with Crippen molar-refractivity contribution in [3.8, 4) is 5.75 Å². The highest BCUT2D eigenvalue weighted by Crippen LogP contribution is 2.30. The van der Waals surface area contributed by atoms with Crippen LogP contribution < -0.4 is 9.64 Å². The third kappa shape index (κ3) is 2.09. The minimum Gasteiger partial charge on any atom is -0.491 e. The smallest absolute Gasteiger partial charge is 0.230 e. The summed E-state index contributed by atoms with van der Waals surface area (Å²) in [6.45, 7) is 1.08. The van der Waals surface area contributed by atoms with Crippen LogP contribution in [0.15, 0.2) is 24.3 Å². The summed E-state index contributed by atoms with van der Waals surface area (Å²) in [5.41, 5.74) is 0.856. The second kappa shape index (κ2) is 4.57. The molecule has 0 aromatic heterocycles. The molecule has 2 rings (SSSR count). The van der Waals surface area contributed by atoms with Crippen LogP contribution in [-0.4, -0.2) is 24.8 Å². The maximum atomic E-state index is 11.8. The van der Waals surface area contributed by atoms with Crippen molar-refractivity contribution >= 4 is 24.2 Å². The first-order chi connectivity index (χ1) is 7.33. The zero-order valence-electron chi connectivity index (χ0n) is 8.35. The number of anilines is 1. The third-order valence-corrected chi connectivity index (χ3v) is 2.55. The number of ether oxygens (including phenoxy) is 1. The van der Waals surface area contributed by atoms with E-state index in [2.05, 4.69) is 12.6 Å². The summed E-state index contributed by atoms with van der Waals surface area (Å²) in [7, 11) is 0. The van der Waals surface area contributed by atoms with Crippen LogP contribution >= 0.6 is 12.6 Å². The minimum atomic E-state index is 0.106. The van der Waals surface area contributed by atoms with E-state index in [9.17, 15) is 4.79 Å². The number of carbonyl (C=O) groups excluding carboxylic acids is 1. The summed E-state index contributed by atoms with van der Waals surface area (Å²) >= 11 is 4.16. The number of benzene rings is 1. The Labute approximate surface area is 94.4 Å². The van der Waals surface area contributed by atoms with E-state index in [-0.39, 0.29) is 5.91 Å². The highest BCUT2D eigenvalue weighted by atomic mass is 32.1. The van der Waals surface area contributed by atoms with Crippen LogP contribution in [0.4, 0.5) is 5.69 Å². The fourth-order valence-electron chi connectivity index (χ4n) is 1.66. The van der Waals surface area contributed by atoms with Crippen molar-refractivity contribution in [1.29, 1.82) is 0 Å². The van der Waals surface area contributed by atoms with Gasteiger partial charge in [0, 0.05) is 12.3 Å². The molecule has 1 amide bonds. The molecule has 1 aromatic rings. The standard InChI is InChI=1S/C11H13NO2S/c13-11-5-7-14-10-4-2-1-3-9(10)12(11)6-8-15/h1-4,15H,5-8H2. The second-order valence-electron chi connectivity index (χ2n) is 3.34. The molecule has 0 fully saturated rings. The van der Waals surface area contributed by atoms with Gasteiger partial charge in [-0.25, -0.2) is 0 Å². The molecule has 3 nitrogen and oxygen atoms in total. The molecule has 0 N–H and O–H groups in total. The molecular weight excluding hydrogens is 210 g/mol. The van der Waals surface area contributed by atoms with E-state index in [0.717, 1.165) is 11.4 Å². The highest BCUT2D eigenvalue weighted by Gasteiger charge is 2.21. The number of amides is 1. The summed E-state index contributed by atoms with van der Waals surface area (Å²) < 4.78 is 5.51. The molecule has 0 spiro atoms. The van der Waals surface area contributed by atoms with Crippen LogP contribution in [0.1, 0.15) is 6.42 Å². The Morgan fingerprint density at radius 2 is 2.20 bits per heavy atom. The lowest BCUT2D eigenvalue weighted by molar-refractivity contribution is -0.118. The number of rotatable bonds is 2. The predicted molar refractivity (Wildman–Crippen MR) is 62.8 cm³/mol. The van der Waals surface area contributed by atoms with Crippen LogP contribution in [0.2, 0.25) is 0 Å². The first kappa shape index (κ1) is 10.4. The van der Waals surface area contributed by atoms with Gasteiger partial charge in [-0.3, -0.25) is 4.79 Å². The normalized spacial score (nSPS) is 15.5. The molecule has 80 valence electrons. The number of hydrogen-bond acceptors (Lipinski definition) is 3. The summed E-state index contributed by atoms with van der Waals surface area (Å²) in [6, 6.07) is 7.61. The molecule has 1 aromatic carbocycles. The Hall–Kier alpha value is -1.16. The van der Waals surface area contributed by atoms with Gasteiger partial charge in [-0.1, -0.05) is 12.1 Å². The molecule has 0 radical (unpaired) electrons. The second-order valence-corrected chi connectivity index (χ2v) is 3.78. The molecule has 0 bridgehead atoms.